The fourth-order valence-electron chi connectivity index (χ4n) is 2.36. The van der Waals surface area contributed by atoms with E-state index in [2.05, 4.69) is 15.7 Å². The summed E-state index contributed by atoms with van der Waals surface area (Å²) in [4.78, 5) is 16.8. The van der Waals surface area contributed by atoms with Crippen molar-refractivity contribution in [1.29, 1.82) is 0 Å². The molecule has 3 rings (SSSR count). The summed E-state index contributed by atoms with van der Waals surface area (Å²) in [7, 11) is 1.63. The van der Waals surface area contributed by atoms with Crippen LogP contribution < -0.4 is 10.1 Å². The van der Waals surface area contributed by atoms with Crippen LogP contribution in [0.4, 0.5) is 0 Å². The van der Waals surface area contributed by atoms with Crippen LogP contribution in [0.1, 0.15) is 27.2 Å². The zero-order valence-corrected chi connectivity index (χ0v) is 16.3. The first-order chi connectivity index (χ1) is 12.6. The molecule has 0 aliphatic rings. The SMILES string of the molecule is COc1cccc(CNC(=O)c2ccc(CSc3nc(C)cs3)cc2)c1. The monoisotopic (exact) mass is 384 g/mol. The Kier molecular flexibility index (Phi) is 6.30. The summed E-state index contributed by atoms with van der Waals surface area (Å²) in [6, 6.07) is 15.4. The average molecular weight is 385 g/mol. The van der Waals surface area contributed by atoms with Crippen LogP contribution in [0.2, 0.25) is 0 Å². The van der Waals surface area contributed by atoms with Crippen molar-refractivity contribution in [2.75, 3.05) is 7.11 Å². The zero-order valence-electron chi connectivity index (χ0n) is 14.7. The number of hydrogen-bond donors (Lipinski definition) is 1. The molecule has 0 spiro atoms. The molecule has 0 saturated heterocycles. The van der Waals surface area contributed by atoms with E-state index in [-0.39, 0.29) is 5.91 Å². The van der Waals surface area contributed by atoms with Gasteiger partial charge in [-0.1, -0.05) is 36.0 Å². The minimum Gasteiger partial charge on any atom is -0.497 e. The summed E-state index contributed by atoms with van der Waals surface area (Å²) in [6.07, 6.45) is 0. The highest BCUT2D eigenvalue weighted by molar-refractivity contribution is 8.00. The number of hydrogen-bond acceptors (Lipinski definition) is 5. The molecule has 1 amide bonds. The molecule has 3 aromatic rings. The number of carbonyl (C=O) groups excluding carboxylic acids is 1. The molecule has 1 N–H and O–H groups in total. The fraction of sp³-hybridized carbons (Fsp3) is 0.200. The van der Waals surface area contributed by atoms with Crippen molar-refractivity contribution in [2.45, 2.75) is 23.6 Å². The smallest absolute Gasteiger partial charge is 0.251 e. The van der Waals surface area contributed by atoms with E-state index in [0.717, 1.165) is 27.1 Å². The first kappa shape index (κ1) is 18.5. The van der Waals surface area contributed by atoms with Gasteiger partial charge in [-0.15, -0.1) is 11.3 Å². The lowest BCUT2D eigenvalue weighted by atomic mass is 10.1. The second kappa shape index (κ2) is 8.87. The van der Waals surface area contributed by atoms with Crippen molar-refractivity contribution in [3.63, 3.8) is 0 Å². The van der Waals surface area contributed by atoms with Crippen LogP contribution >= 0.6 is 23.1 Å². The second-order valence-corrected chi connectivity index (χ2v) is 7.86. The molecule has 0 atom stereocenters. The number of benzene rings is 2. The third-order valence-electron chi connectivity index (χ3n) is 3.76. The van der Waals surface area contributed by atoms with Gasteiger partial charge >= 0.3 is 0 Å². The molecule has 0 unspecified atom stereocenters. The predicted octanol–water partition coefficient (Wildman–Crippen LogP) is 4.68. The number of nitrogens with one attached hydrogen (secondary N) is 1. The molecule has 4 nitrogen and oxygen atoms in total. The molecule has 6 heteroatoms. The standard InChI is InChI=1S/C20H20N2O2S2/c1-14-12-25-20(22-14)26-13-15-6-8-17(9-7-15)19(23)21-11-16-4-3-5-18(10-16)24-2/h3-10,12H,11,13H2,1-2H3,(H,21,23). The minimum atomic E-state index is -0.0810. The van der Waals surface area contributed by atoms with E-state index >= 15 is 0 Å². The molecule has 1 aromatic heterocycles. The van der Waals surface area contributed by atoms with Crippen LogP contribution in [-0.2, 0) is 12.3 Å². The van der Waals surface area contributed by atoms with Crippen LogP contribution in [0.15, 0.2) is 58.3 Å². The van der Waals surface area contributed by atoms with E-state index < -0.39 is 0 Å². The topological polar surface area (TPSA) is 51.2 Å². The summed E-state index contributed by atoms with van der Waals surface area (Å²) >= 11 is 3.38. The number of amides is 1. The predicted molar refractivity (Wildman–Crippen MR) is 107 cm³/mol. The lowest BCUT2D eigenvalue weighted by molar-refractivity contribution is 0.0951. The van der Waals surface area contributed by atoms with Gasteiger partial charge in [-0.3, -0.25) is 4.79 Å². The van der Waals surface area contributed by atoms with Gasteiger partial charge in [0.25, 0.3) is 5.91 Å². The van der Waals surface area contributed by atoms with Crippen molar-refractivity contribution in [2.24, 2.45) is 0 Å². The Morgan fingerprint density at radius 1 is 1.19 bits per heavy atom. The number of rotatable bonds is 7. The van der Waals surface area contributed by atoms with E-state index in [1.807, 2.05) is 55.5 Å². The molecule has 134 valence electrons. The van der Waals surface area contributed by atoms with Gasteiger partial charge in [0, 0.05) is 28.9 Å². The summed E-state index contributed by atoms with van der Waals surface area (Å²) in [6.45, 7) is 2.47. The van der Waals surface area contributed by atoms with E-state index in [1.54, 1.807) is 30.2 Å². The Bertz CT molecular complexity index is 876. The fourth-order valence-corrected chi connectivity index (χ4v) is 4.17. The number of carbonyl (C=O) groups is 1. The van der Waals surface area contributed by atoms with Gasteiger partial charge in [0.1, 0.15) is 10.1 Å². The molecule has 0 aliphatic carbocycles. The molecule has 0 bridgehead atoms. The van der Waals surface area contributed by atoms with Gasteiger partial charge < -0.3 is 10.1 Å². The van der Waals surface area contributed by atoms with Crippen LogP contribution in [0.25, 0.3) is 0 Å². The highest BCUT2D eigenvalue weighted by Crippen LogP contribution is 2.26. The first-order valence-corrected chi connectivity index (χ1v) is 10.1. The Hall–Kier alpha value is -2.31. The van der Waals surface area contributed by atoms with Crippen LogP contribution in [-0.4, -0.2) is 18.0 Å². The Balaban J connectivity index is 1.53. The van der Waals surface area contributed by atoms with Crippen LogP contribution in [0.3, 0.4) is 0 Å². The highest BCUT2D eigenvalue weighted by Gasteiger charge is 2.06. The average Bonchev–Trinajstić information content (AvgIpc) is 3.10. The van der Waals surface area contributed by atoms with E-state index in [9.17, 15) is 4.79 Å². The molecular weight excluding hydrogens is 364 g/mol. The number of thiazole rings is 1. The molecule has 0 fully saturated rings. The maximum absolute atomic E-state index is 12.3. The summed E-state index contributed by atoms with van der Waals surface area (Å²) < 4.78 is 6.27. The zero-order chi connectivity index (χ0) is 18.4. The second-order valence-electron chi connectivity index (χ2n) is 5.77. The third kappa shape index (κ3) is 5.09. The number of aromatic nitrogens is 1. The van der Waals surface area contributed by atoms with E-state index in [4.69, 9.17) is 4.74 Å². The first-order valence-electron chi connectivity index (χ1n) is 8.19. The van der Waals surface area contributed by atoms with Gasteiger partial charge in [-0.25, -0.2) is 4.98 Å². The molecule has 26 heavy (non-hydrogen) atoms. The third-order valence-corrected chi connectivity index (χ3v) is 5.97. The highest BCUT2D eigenvalue weighted by atomic mass is 32.2. The van der Waals surface area contributed by atoms with Gasteiger partial charge in [0.2, 0.25) is 0 Å². The van der Waals surface area contributed by atoms with Crippen molar-refractivity contribution in [1.82, 2.24) is 10.3 Å². The van der Waals surface area contributed by atoms with Crippen molar-refractivity contribution in [3.05, 3.63) is 76.3 Å². The number of methoxy groups -OCH3 is 1. The molecule has 0 saturated carbocycles. The quantitative estimate of drug-likeness (QED) is 0.601. The van der Waals surface area contributed by atoms with Gasteiger partial charge in [-0.2, -0.15) is 0 Å². The Morgan fingerprint density at radius 3 is 2.69 bits per heavy atom. The van der Waals surface area contributed by atoms with Gasteiger partial charge in [-0.05, 0) is 42.3 Å². The molecule has 1 heterocycles. The maximum Gasteiger partial charge on any atom is 0.251 e. The minimum absolute atomic E-state index is 0.0810. The molecule has 0 aliphatic heterocycles. The maximum atomic E-state index is 12.3. The number of nitrogens with zero attached hydrogens (tertiary/aromatic N) is 1. The van der Waals surface area contributed by atoms with Crippen molar-refractivity contribution >= 4 is 29.0 Å². The van der Waals surface area contributed by atoms with Gasteiger partial charge in [0.05, 0.1) is 7.11 Å². The molecule has 0 radical (unpaired) electrons. The van der Waals surface area contributed by atoms with E-state index in [0.29, 0.717) is 12.1 Å². The van der Waals surface area contributed by atoms with Crippen molar-refractivity contribution in [3.8, 4) is 5.75 Å². The molecule has 2 aromatic carbocycles. The lowest BCUT2D eigenvalue weighted by Crippen LogP contribution is -2.22. The van der Waals surface area contributed by atoms with Gasteiger partial charge in [0.15, 0.2) is 0 Å². The number of thioether (sulfide) groups is 1. The summed E-state index contributed by atoms with van der Waals surface area (Å²) in [5, 5.41) is 4.99. The molecular formula is C20H20N2O2S2. The summed E-state index contributed by atoms with van der Waals surface area (Å²) in [5.74, 6) is 1.55. The number of aryl methyl sites for hydroxylation is 1. The summed E-state index contributed by atoms with van der Waals surface area (Å²) in [5.41, 5.74) is 3.89. The van der Waals surface area contributed by atoms with Crippen LogP contribution in [0.5, 0.6) is 5.75 Å². The Morgan fingerprint density at radius 2 is 2.00 bits per heavy atom. The lowest BCUT2D eigenvalue weighted by Gasteiger charge is -2.07. The normalized spacial score (nSPS) is 10.5. The van der Waals surface area contributed by atoms with E-state index in [1.165, 1.54) is 5.56 Å². The Labute approximate surface area is 161 Å². The van der Waals surface area contributed by atoms with Crippen LogP contribution in [0, 0.1) is 6.92 Å². The number of ether oxygens (including phenoxy) is 1. The largest absolute Gasteiger partial charge is 0.497 e. The van der Waals surface area contributed by atoms with Crippen molar-refractivity contribution < 1.29 is 9.53 Å².